The molecule has 5 rings (SSSR count). The molecule has 3 fully saturated rings. The summed E-state index contributed by atoms with van der Waals surface area (Å²) in [6, 6.07) is 10.1. The number of hydrogen-bond acceptors (Lipinski definition) is 2. The third-order valence-corrected chi connectivity index (χ3v) is 6.84. The highest BCUT2D eigenvalue weighted by molar-refractivity contribution is 6.30. The maximum atomic E-state index is 14.4. The average molecular weight is 385 g/mol. The van der Waals surface area contributed by atoms with Gasteiger partial charge in [0.05, 0.1) is 0 Å². The highest BCUT2D eigenvalue weighted by Crippen LogP contribution is 2.59. The molecule has 3 saturated carbocycles. The minimum Gasteiger partial charge on any atom is -0.298 e. The fourth-order valence-corrected chi connectivity index (χ4v) is 4.98. The lowest BCUT2D eigenvalue weighted by atomic mass is 9.45. The second kappa shape index (κ2) is 6.27. The van der Waals surface area contributed by atoms with Crippen molar-refractivity contribution in [3.8, 4) is 11.1 Å². The van der Waals surface area contributed by atoms with Crippen molar-refractivity contribution in [2.75, 3.05) is 0 Å². The van der Waals surface area contributed by atoms with Gasteiger partial charge in [-0.3, -0.25) is 9.59 Å². The molecule has 0 N–H and O–H groups in total. The summed E-state index contributed by atoms with van der Waals surface area (Å²) in [6.07, 6.45) is 1.39. The molecule has 140 valence electrons. The molecule has 3 aliphatic carbocycles. The van der Waals surface area contributed by atoms with Gasteiger partial charge in [-0.25, -0.2) is 4.39 Å². The fraction of sp³-hybridized carbons (Fsp3) is 0.391. The topological polar surface area (TPSA) is 34.1 Å². The normalized spacial score (nSPS) is 26.0. The van der Waals surface area contributed by atoms with Gasteiger partial charge in [0, 0.05) is 22.4 Å². The van der Waals surface area contributed by atoms with Crippen LogP contribution in [0.5, 0.6) is 0 Å². The van der Waals surface area contributed by atoms with Gasteiger partial charge in [-0.2, -0.15) is 0 Å². The molecule has 3 aliphatic rings. The highest BCUT2D eigenvalue weighted by Gasteiger charge is 2.62. The van der Waals surface area contributed by atoms with E-state index in [4.69, 9.17) is 11.6 Å². The van der Waals surface area contributed by atoms with Crippen molar-refractivity contribution in [3.63, 3.8) is 0 Å². The number of ketones is 2. The van der Waals surface area contributed by atoms with Crippen molar-refractivity contribution in [2.45, 2.75) is 39.5 Å². The van der Waals surface area contributed by atoms with Crippen molar-refractivity contribution in [2.24, 2.45) is 17.3 Å². The SMILES string of the molecule is CCc1ccc(-c2ccc(Cl)cc2F)cc1C1C(=O)C2CC(C1=O)C2(C)C. The number of carbonyl (C=O) groups excluding carboxylic acids is 2. The zero-order valence-electron chi connectivity index (χ0n) is 15.7. The molecule has 2 nitrogen and oxygen atoms in total. The first-order chi connectivity index (χ1) is 12.8. The zero-order valence-corrected chi connectivity index (χ0v) is 16.4. The number of Topliss-reactive ketones (excluding diaryl/α,β-unsaturated/α-hetero) is 2. The highest BCUT2D eigenvalue weighted by atomic mass is 35.5. The third kappa shape index (κ3) is 2.67. The molecule has 0 aliphatic heterocycles. The third-order valence-electron chi connectivity index (χ3n) is 6.60. The number of halogens is 2. The van der Waals surface area contributed by atoms with Gasteiger partial charge in [0.15, 0.2) is 11.6 Å². The van der Waals surface area contributed by atoms with E-state index in [0.29, 0.717) is 29.0 Å². The Morgan fingerprint density at radius 2 is 1.74 bits per heavy atom. The smallest absolute Gasteiger partial charge is 0.151 e. The van der Waals surface area contributed by atoms with Crippen molar-refractivity contribution in [1.29, 1.82) is 0 Å². The first-order valence-corrected chi connectivity index (χ1v) is 9.79. The van der Waals surface area contributed by atoms with E-state index in [1.807, 2.05) is 39.0 Å². The number of carbonyl (C=O) groups is 2. The summed E-state index contributed by atoms with van der Waals surface area (Å²) >= 11 is 5.86. The van der Waals surface area contributed by atoms with E-state index < -0.39 is 11.7 Å². The number of fused-ring (bicyclic) bond motifs is 2. The molecule has 0 heterocycles. The minimum atomic E-state index is -0.716. The summed E-state index contributed by atoms with van der Waals surface area (Å²) in [6.45, 7) is 6.03. The molecular formula is C23H22ClFO2. The van der Waals surface area contributed by atoms with Crippen LogP contribution in [0.2, 0.25) is 5.02 Å². The van der Waals surface area contributed by atoms with Crippen LogP contribution in [-0.4, -0.2) is 11.6 Å². The standard InChI is InChI=1S/C23H22ClFO2/c1-4-12-5-6-13(15-8-7-14(24)10-19(15)25)9-16(12)20-21(26)17-11-18(22(20)27)23(17,2)3/h5-10,17-18,20H,4,11H2,1-3H3. The predicted molar refractivity (Wildman–Crippen MR) is 104 cm³/mol. The first-order valence-electron chi connectivity index (χ1n) is 9.41. The summed E-state index contributed by atoms with van der Waals surface area (Å²) in [5, 5.41) is 0.335. The monoisotopic (exact) mass is 384 g/mol. The lowest BCUT2D eigenvalue weighted by Gasteiger charge is -2.56. The molecule has 0 saturated heterocycles. The van der Waals surface area contributed by atoms with Crippen molar-refractivity contribution < 1.29 is 14.0 Å². The number of benzene rings is 2. The molecule has 4 heteroatoms. The molecule has 27 heavy (non-hydrogen) atoms. The predicted octanol–water partition coefficient (Wildman–Crippen LogP) is 5.61. The van der Waals surface area contributed by atoms with Crippen LogP contribution in [0.15, 0.2) is 36.4 Å². The van der Waals surface area contributed by atoms with Gasteiger partial charge in [-0.15, -0.1) is 0 Å². The molecule has 0 spiro atoms. The molecular weight excluding hydrogens is 363 g/mol. The molecule has 0 radical (unpaired) electrons. The van der Waals surface area contributed by atoms with Crippen LogP contribution >= 0.6 is 11.6 Å². The Hall–Kier alpha value is -2.00. The van der Waals surface area contributed by atoms with E-state index in [9.17, 15) is 14.0 Å². The second-order valence-corrected chi connectivity index (χ2v) is 8.73. The van der Waals surface area contributed by atoms with Crippen molar-refractivity contribution >= 4 is 23.2 Å². The van der Waals surface area contributed by atoms with E-state index in [0.717, 1.165) is 11.1 Å². The molecule has 2 unspecified atom stereocenters. The van der Waals surface area contributed by atoms with Gasteiger partial charge in [-0.1, -0.05) is 44.5 Å². The lowest BCUT2D eigenvalue weighted by Crippen LogP contribution is -2.60. The maximum Gasteiger partial charge on any atom is 0.151 e. The van der Waals surface area contributed by atoms with Crippen LogP contribution in [0.1, 0.15) is 44.2 Å². The van der Waals surface area contributed by atoms with Crippen LogP contribution < -0.4 is 0 Å². The Bertz CT molecular complexity index is 939. The maximum absolute atomic E-state index is 14.4. The largest absolute Gasteiger partial charge is 0.298 e. The molecule has 2 atom stereocenters. The van der Waals surface area contributed by atoms with Crippen LogP contribution in [0.25, 0.3) is 11.1 Å². The van der Waals surface area contributed by atoms with E-state index in [1.54, 1.807) is 12.1 Å². The molecule has 0 amide bonds. The fourth-order valence-electron chi connectivity index (χ4n) is 4.82. The Balaban J connectivity index is 1.81. The summed E-state index contributed by atoms with van der Waals surface area (Å²) in [7, 11) is 0. The Morgan fingerprint density at radius 3 is 2.30 bits per heavy atom. The molecule has 2 aromatic carbocycles. The molecule has 2 bridgehead atoms. The summed E-state index contributed by atoms with van der Waals surface area (Å²) in [5.74, 6) is -1.21. The van der Waals surface area contributed by atoms with E-state index >= 15 is 0 Å². The lowest BCUT2D eigenvalue weighted by molar-refractivity contribution is -0.163. The Kier molecular flexibility index (Phi) is 4.27. The van der Waals surface area contributed by atoms with Gasteiger partial charge in [0.2, 0.25) is 0 Å². The van der Waals surface area contributed by atoms with Gasteiger partial charge in [0.1, 0.15) is 11.7 Å². The second-order valence-electron chi connectivity index (χ2n) is 8.29. The van der Waals surface area contributed by atoms with Crippen LogP contribution in [0.3, 0.4) is 0 Å². The van der Waals surface area contributed by atoms with Gasteiger partial charge < -0.3 is 0 Å². The van der Waals surface area contributed by atoms with E-state index in [-0.39, 0.29) is 28.8 Å². The first kappa shape index (κ1) is 18.4. The van der Waals surface area contributed by atoms with Crippen LogP contribution in [0, 0.1) is 23.1 Å². The summed E-state index contributed by atoms with van der Waals surface area (Å²) < 4.78 is 14.4. The zero-order chi connectivity index (χ0) is 19.5. The summed E-state index contributed by atoms with van der Waals surface area (Å²) in [5.41, 5.74) is 2.56. The Morgan fingerprint density at radius 1 is 1.07 bits per heavy atom. The van der Waals surface area contributed by atoms with Gasteiger partial charge >= 0.3 is 0 Å². The van der Waals surface area contributed by atoms with Crippen LogP contribution in [0.4, 0.5) is 4.39 Å². The molecule has 2 aromatic rings. The minimum absolute atomic E-state index is 0.0240. The van der Waals surface area contributed by atoms with E-state index in [1.165, 1.54) is 6.07 Å². The quantitative estimate of drug-likeness (QED) is 0.645. The average Bonchev–Trinajstić information content (AvgIpc) is 2.60. The molecule has 0 aromatic heterocycles. The number of aryl methyl sites for hydroxylation is 1. The van der Waals surface area contributed by atoms with Crippen LogP contribution in [-0.2, 0) is 16.0 Å². The summed E-state index contributed by atoms with van der Waals surface area (Å²) in [4.78, 5) is 26.2. The van der Waals surface area contributed by atoms with Crippen molar-refractivity contribution in [3.05, 3.63) is 58.4 Å². The number of rotatable bonds is 3. The van der Waals surface area contributed by atoms with Gasteiger partial charge in [-0.05, 0) is 59.2 Å². The van der Waals surface area contributed by atoms with Gasteiger partial charge in [0.25, 0.3) is 0 Å². The van der Waals surface area contributed by atoms with E-state index in [2.05, 4.69) is 0 Å². The Labute approximate surface area is 163 Å². The van der Waals surface area contributed by atoms with Crippen molar-refractivity contribution in [1.82, 2.24) is 0 Å². The number of hydrogen-bond donors (Lipinski definition) is 0.